The number of carbonyl (C=O) groups is 2. The third-order valence-electron chi connectivity index (χ3n) is 4.63. The van der Waals surface area contributed by atoms with E-state index in [1.54, 1.807) is 55.1 Å². The molecule has 6 nitrogen and oxygen atoms in total. The summed E-state index contributed by atoms with van der Waals surface area (Å²) in [6.07, 6.45) is 0. The highest BCUT2D eigenvalue weighted by atomic mass is 32.2. The van der Waals surface area contributed by atoms with E-state index in [0.717, 1.165) is 11.3 Å². The molecule has 0 aliphatic carbocycles. The van der Waals surface area contributed by atoms with E-state index in [4.69, 9.17) is 9.47 Å². The number of nitrogens with zero attached hydrogens (tertiary/aromatic N) is 2. The second-order valence-corrected chi connectivity index (χ2v) is 7.15. The summed E-state index contributed by atoms with van der Waals surface area (Å²) < 4.78 is 10.4. The first-order valence-electron chi connectivity index (χ1n) is 8.20. The molecule has 26 heavy (non-hydrogen) atoms. The lowest BCUT2D eigenvalue weighted by Crippen LogP contribution is -2.33. The van der Waals surface area contributed by atoms with Crippen molar-refractivity contribution in [1.29, 1.82) is 0 Å². The van der Waals surface area contributed by atoms with Gasteiger partial charge in [0.05, 0.1) is 19.9 Å². The molecule has 4 rings (SSSR count). The van der Waals surface area contributed by atoms with E-state index in [-0.39, 0.29) is 17.3 Å². The fourth-order valence-electron chi connectivity index (χ4n) is 3.30. The number of methoxy groups -OCH3 is 2. The van der Waals surface area contributed by atoms with Gasteiger partial charge in [-0.2, -0.15) is 0 Å². The van der Waals surface area contributed by atoms with Crippen molar-refractivity contribution in [2.75, 3.05) is 24.9 Å². The number of benzene rings is 2. The highest BCUT2D eigenvalue weighted by Gasteiger charge is 2.53. The van der Waals surface area contributed by atoms with Gasteiger partial charge in [0.2, 0.25) is 0 Å². The molecule has 0 spiro atoms. The number of urea groups is 1. The Hall–Kier alpha value is -2.67. The van der Waals surface area contributed by atoms with Gasteiger partial charge in [0.1, 0.15) is 22.9 Å². The number of imide groups is 1. The summed E-state index contributed by atoms with van der Waals surface area (Å²) in [5.74, 6) is 1.76. The molecule has 0 bridgehead atoms. The van der Waals surface area contributed by atoms with E-state index in [1.807, 2.05) is 24.3 Å². The summed E-state index contributed by atoms with van der Waals surface area (Å²) in [7, 11) is 3.17. The Balaban J connectivity index is 1.65. The molecule has 2 aromatic carbocycles. The molecule has 3 amide bonds. The Kier molecular flexibility index (Phi) is 4.24. The highest BCUT2D eigenvalue weighted by Crippen LogP contribution is 2.46. The topological polar surface area (TPSA) is 59.1 Å². The van der Waals surface area contributed by atoms with Gasteiger partial charge in [-0.1, -0.05) is 18.2 Å². The van der Waals surface area contributed by atoms with Crippen molar-refractivity contribution >= 4 is 29.4 Å². The molecule has 2 aromatic rings. The van der Waals surface area contributed by atoms with Crippen LogP contribution in [0.5, 0.6) is 11.5 Å². The number of fused-ring (bicyclic) bond motifs is 1. The maximum absolute atomic E-state index is 13.1. The standard InChI is InChI=1S/C19H18N2O4S/c1-24-14-8-6-12(7-9-14)18-21-16(11-26-18)17(22)20(19(21)23)13-4-3-5-15(10-13)25-2/h3-10,16,18H,11H2,1-2H3/t16-,18+/m0/s1. The third kappa shape index (κ3) is 2.59. The van der Waals surface area contributed by atoms with Crippen molar-refractivity contribution in [3.63, 3.8) is 0 Å². The predicted molar refractivity (Wildman–Crippen MR) is 99.7 cm³/mol. The average Bonchev–Trinajstić information content (AvgIpc) is 3.22. The number of hydrogen-bond acceptors (Lipinski definition) is 5. The van der Waals surface area contributed by atoms with E-state index in [9.17, 15) is 9.59 Å². The zero-order valence-corrected chi connectivity index (χ0v) is 15.2. The molecule has 7 heteroatoms. The van der Waals surface area contributed by atoms with Gasteiger partial charge in [0.25, 0.3) is 5.91 Å². The second kappa shape index (κ2) is 6.57. The summed E-state index contributed by atoms with van der Waals surface area (Å²) in [5.41, 5.74) is 1.51. The molecule has 0 unspecified atom stereocenters. The lowest BCUT2D eigenvalue weighted by molar-refractivity contribution is -0.119. The van der Waals surface area contributed by atoms with Gasteiger partial charge in [-0.15, -0.1) is 11.8 Å². The summed E-state index contributed by atoms with van der Waals surface area (Å²) in [5, 5.41) is -0.182. The van der Waals surface area contributed by atoms with E-state index >= 15 is 0 Å². The van der Waals surface area contributed by atoms with Crippen LogP contribution in [-0.4, -0.2) is 42.9 Å². The van der Waals surface area contributed by atoms with Crippen LogP contribution in [0, 0.1) is 0 Å². The van der Waals surface area contributed by atoms with Crippen LogP contribution in [-0.2, 0) is 4.79 Å². The third-order valence-corrected chi connectivity index (χ3v) is 5.95. The van der Waals surface area contributed by atoms with E-state index in [1.165, 1.54) is 4.90 Å². The normalized spacial score (nSPS) is 21.9. The predicted octanol–water partition coefficient (Wildman–Crippen LogP) is 3.29. The number of amides is 3. The molecule has 0 aromatic heterocycles. The molecule has 2 fully saturated rings. The van der Waals surface area contributed by atoms with Gasteiger partial charge < -0.3 is 9.47 Å². The Bertz CT molecular complexity index is 855. The lowest BCUT2D eigenvalue weighted by atomic mass is 10.2. The van der Waals surface area contributed by atoms with Crippen LogP contribution in [0.1, 0.15) is 10.9 Å². The smallest absolute Gasteiger partial charge is 0.333 e. The van der Waals surface area contributed by atoms with Crippen LogP contribution in [0.25, 0.3) is 0 Å². The molecule has 2 saturated heterocycles. The minimum absolute atomic E-state index is 0.182. The number of carbonyl (C=O) groups excluding carboxylic acids is 2. The maximum Gasteiger partial charge on any atom is 0.333 e. The number of rotatable bonds is 4. The van der Waals surface area contributed by atoms with Gasteiger partial charge in [-0.3, -0.25) is 9.69 Å². The number of ether oxygens (including phenoxy) is 2. The van der Waals surface area contributed by atoms with Gasteiger partial charge >= 0.3 is 6.03 Å². The molecule has 2 aliphatic rings. The summed E-state index contributed by atoms with van der Waals surface area (Å²) >= 11 is 1.61. The van der Waals surface area contributed by atoms with Crippen LogP contribution in [0.3, 0.4) is 0 Å². The Morgan fingerprint density at radius 2 is 1.73 bits per heavy atom. The quantitative estimate of drug-likeness (QED) is 0.773. The average molecular weight is 370 g/mol. The van der Waals surface area contributed by atoms with Crippen molar-refractivity contribution in [3.05, 3.63) is 54.1 Å². The molecule has 2 aliphatic heterocycles. The Labute approximate surface area is 155 Å². The van der Waals surface area contributed by atoms with E-state index < -0.39 is 6.04 Å². The summed E-state index contributed by atoms with van der Waals surface area (Å²) in [4.78, 5) is 28.8. The van der Waals surface area contributed by atoms with E-state index in [0.29, 0.717) is 17.2 Å². The van der Waals surface area contributed by atoms with Gasteiger partial charge in [-0.25, -0.2) is 9.69 Å². The van der Waals surface area contributed by atoms with Crippen molar-refractivity contribution in [1.82, 2.24) is 4.90 Å². The van der Waals surface area contributed by atoms with Crippen LogP contribution in [0.2, 0.25) is 0 Å². The van der Waals surface area contributed by atoms with Crippen molar-refractivity contribution in [3.8, 4) is 11.5 Å². The Morgan fingerprint density at radius 3 is 2.42 bits per heavy atom. The number of hydrogen-bond donors (Lipinski definition) is 0. The van der Waals surface area contributed by atoms with Gasteiger partial charge in [0, 0.05) is 11.8 Å². The van der Waals surface area contributed by atoms with Crippen LogP contribution in [0.4, 0.5) is 10.5 Å². The first-order valence-corrected chi connectivity index (χ1v) is 9.25. The molecular formula is C19H18N2O4S. The number of thioether (sulfide) groups is 1. The molecular weight excluding hydrogens is 352 g/mol. The van der Waals surface area contributed by atoms with Gasteiger partial charge in [-0.05, 0) is 29.8 Å². The lowest BCUT2D eigenvalue weighted by Gasteiger charge is -2.23. The van der Waals surface area contributed by atoms with Crippen molar-refractivity contribution in [2.45, 2.75) is 11.4 Å². The SMILES string of the molecule is COc1ccc([C@H]2SC[C@H]3C(=O)N(c4cccc(OC)c4)C(=O)N23)cc1. The summed E-state index contributed by atoms with van der Waals surface area (Å²) in [6.45, 7) is 0. The van der Waals surface area contributed by atoms with Crippen molar-refractivity contribution < 1.29 is 19.1 Å². The van der Waals surface area contributed by atoms with Crippen LogP contribution >= 0.6 is 11.8 Å². The van der Waals surface area contributed by atoms with Crippen LogP contribution in [0.15, 0.2) is 48.5 Å². The first-order chi connectivity index (χ1) is 12.6. The fourth-order valence-corrected chi connectivity index (χ4v) is 4.72. The van der Waals surface area contributed by atoms with E-state index in [2.05, 4.69) is 0 Å². The summed E-state index contributed by atoms with van der Waals surface area (Å²) in [6, 6.07) is 13.9. The highest BCUT2D eigenvalue weighted by molar-refractivity contribution is 7.99. The molecule has 0 radical (unpaired) electrons. The zero-order valence-electron chi connectivity index (χ0n) is 14.4. The van der Waals surface area contributed by atoms with Crippen molar-refractivity contribution in [2.24, 2.45) is 0 Å². The molecule has 2 atom stereocenters. The molecule has 0 N–H and O–H groups in total. The molecule has 0 saturated carbocycles. The fraction of sp³-hybridized carbons (Fsp3) is 0.263. The minimum atomic E-state index is -0.439. The molecule has 134 valence electrons. The van der Waals surface area contributed by atoms with Gasteiger partial charge in [0.15, 0.2) is 0 Å². The Morgan fingerprint density at radius 1 is 1.00 bits per heavy atom. The molecule has 2 heterocycles. The number of anilines is 1. The monoisotopic (exact) mass is 370 g/mol. The zero-order chi connectivity index (χ0) is 18.3. The maximum atomic E-state index is 13.1. The minimum Gasteiger partial charge on any atom is -0.497 e. The first kappa shape index (κ1) is 16.8. The second-order valence-electron chi connectivity index (χ2n) is 6.04. The largest absolute Gasteiger partial charge is 0.497 e. The van der Waals surface area contributed by atoms with Crippen LogP contribution < -0.4 is 14.4 Å².